The molecule has 1 aromatic carbocycles. The Bertz CT molecular complexity index is 872. The lowest BCUT2D eigenvalue weighted by Gasteiger charge is -1.97. The molecule has 0 saturated carbocycles. The number of hydrogen-bond acceptors (Lipinski definition) is 3. The van der Waals surface area contributed by atoms with Gasteiger partial charge in [0.05, 0.1) is 6.21 Å². The molecular formula is C17H19N5O. The van der Waals surface area contributed by atoms with Gasteiger partial charge in [0.2, 0.25) is 0 Å². The van der Waals surface area contributed by atoms with Crippen LogP contribution in [0.5, 0.6) is 0 Å². The number of carbonyl (C=O) groups excluding carboxylic acids is 1. The van der Waals surface area contributed by atoms with Gasteiger partial charge in [0, 0.05) is 27.9 Å². The highest BCUT2D eigenvalue weighted by Crippen LogP contribution is 2.19. The van der Waals surface area contributed by atoms with Crippen molar-refractivity contribution < 1.29 is 4.79 Å². The van der Waals surface area contributed by atoms with Crippen molar-refractivity contribution in [2.75, 3.05) is 0 Å². The Morgan fingerprint density at radius 2 is 2.13 bits per heavy atom. The number of nitrogens with zero attached hydrogens (tertiary/aromatic N) is 2. The lowest BCUT2D eigenvalue weighted by atomic mass is 10.1. The Balaban J connectivity index is 1.75. The van der Waals surface area contributed by atoms with Gasteiger partial charge in [-0.1, -0.05) is 32.0 Å². The van der Waals surface area contributed by atoms with E-state index in [1.807, 2.05) is 45.0 Å². The van der Waals surface area contributed by atoms with E-state index in [1.54, 1.807) is 12.3 Å². The Morgan fingerprint density at radius 3 is 2.87 bits per heavy atom. The summed E-state index contributed by atoms with van der Waals surface area (Å²) in [5.74, 6) is -0.0386. The highest BCUT2D eigenvalue weighted by Gasteiger charge is 2.11. The molecule has 0 aliphatic carbocycles. The molecule has 2 aromatic heterocycles. The third kappa shape index (κ3) is 3.01. The number of fused-ring (bicyclic) bond motifs is 1. The van der Waals surface area contributed by atoms with Crippen LogP contribution in [-0.4, -0.2) is 27.3 Å². The van der Waals surface area contributed by atoms with Crippen LogP contribution in [-0.2, 0) is 0 Å². The Kier molecular flexibility index (Phi) is 3.97. The highest BCUT2D eigenvalue weighted by atomic mass is 16.2. The van der Waals surface area contributed by atoms with E-state index in [1.165, 1.54) is 0 Å². The summed E-state index contributed by atoms with van der Waals surface area (Å²) in [5.41, 5.74) is 6.79. The first-order valence-electron chi connectivity index (χ1n) is 7.52. The fraction of sp³-hybridized carbons (Fsp3) is 0.235. The summed E-state index contributed by atoms with van der Waals surface area (Å²) in [4.78, 5) is 15.3. The number of rotatable bonds is 4. The van der Waals surface area contributed by atoms with E-state index in [0.717, 1.165) is 27.9 Å². The minimum absolute atomic E-state index is 0.293. The SMILES string of the molecule is Cc1[nH]c2ccccc2c1/C=N/NC(=O)c1cc(C(C)C)[nH]n1. The number of amides is 1. The minimum Gasteiger partial charge on any atom is -0.358 e. The van der Waals surface area contributed by atoms with Gasteiger partial charge in [0.15, 0.2) is 5.69 Å². The molecule has 0 spiro atoms. The molecule has 6 nitrogen and oxygen atoms in total. The van der Waals surface area contributed by atoms with Gasteiger partial charge in [-0.05, 0) is 25.0 Å². The van der Waals surface area contributed by atoms with Crippen molar-refractivity contribution in [2.45, 2.75) is 26.7 Å². The molecule has 3 N–H and O–H groups in total. The zero-order valence-corrected chi connectivity index (χ0v) is 13.3. The number of aryl methyl sites for hydroxylation is 1. The number of H-pyrrole nitrogens is 2. The monoisotopic (exact) mass is 309 g/mol. The van der Waals surface area contributed by atoms with E-state index >= 15 is 0 Å². The maximum Gasteiger partial charge on any atom is 0.291 e. The van der Waals surface area contributed by atoms with Gasteiger partial charge >= 0.3 is 0 Å². The minimum atomic E-state index is -0.332. The van der Waals surface area contributed by atoms with Gasteiger partial charge in [-0.3, -0.25) is 9.89 Å². The van der Waals surface area contributed by atoms with E-state index in [4.69, 9.17) is 0 Å². The van der Waals surface area contributed by atoms with Crippen LogP contribution in [0.4, 0.5) is 0 Å². The van der Waals surface area contributed by atoms with Crippen LogP contribution in [0.2, 0.25) is 0 Å². The van der Waals surface area contributed by atoms with Crippen LogP contribution in [0.1, 0.15) is 47.2 Å². The topological polar surface area (TPSA) is 85.9 Å². The second kappa shape index (κ2) is 6.08. The van der Waals surface area contributed by atoms with Crippen LogP contribution in [0.15, 0.2) is 35.4 Å². The number of hydrazone groups is 1. The lowest BCUT2D eigenvalue weighted by molar-refractivity contribution is 0.0950. The van der Waals surface area contributed by atoms with Crippen molar-refractivity contribution in [3.63, 3.8) is 0 Å². The molecule has 118 valence electrons. The van der Waals surface area contributed by atoms with E-state index in [2.05, 4.69) is 25.7 Å². The molecule has 0 aliphatic rings. The van der Waals surface area contributed by atoms with Gasteiger partial charge in [-0.2, -0.15) is 10.2 Å². The Morgan fingerprint density at radius 1 is 1.35 bits per heavy atom. The molecule has 0 aliphatic heterocycles. The fourth-order valence-electron chi connectivity index (χ4n) is 2.43. The van der Waals surface area contributed by atoms with E-state index in [-0.39, 0.29) is 5.91 Å². The number of carbonyl (C=O) groups is 1. The molecule has 0 fully saturated rings. The average molecular weight is 309 g/mol. The number of benzene rings is 1. The van der Waals surface area contributed by atoms with Crippen LogP contribution in [0.3, 0.4) is 0 Å². The van der Waals surface area contributed by atoms with Crippen LogP contribution < -0.4 is 5.43 Å². The largest absolute Gasteiger partial charge is 0.358 e. The number of aromatic nitrogens is 3. The normalized spacial score (nSPS) is 11.7. The molecule has 2 heterocycles. The van der Waals surface area contributed by atoms with Crippen LogP contribution in [0, 0.1) is 6.92 Å². The molecule has 0 atom stereocenters. The molecule has 0 radical (unpaired) electrons. The highest BCUT2D eigenvalue weighted by molar-refractivity contribution is 6.01. The maximum absolute atomic E-state index is 12.0. The van der Waals surface area contributed by atoms with Crippen molar-refractivity contribution >= 4 is 23.0 Å². The zero-order chi connectivity index (χ0) is 16.4. The fourth-order valence-corrected chi connectivity index (χ4v) is 2.43. The summed E-state index contributed by atoms with van der Waals surface area (Å²) < 4.78 is 0. The van der Waals surface area contributed by atoms with Gasteiger partial charge in [-0.15, -0.1) is 0 Å². The quantitative estimate of drug-likeness (QED) is 0.511. The van der Waals surface area contributed by atoms with E-state index < -0.39 is 0 Å². The molecule has 6 heteroatoms. The summed E-state index contributed by atoms with van der Waals surface area (Å²) in [5, 5.41) is 12.0. The summed E-state index contributed by atoms with van der Waals surface area (Å²) in [6.45, 7) is 6.05. The lowest BCUT2D eigenvalue weighted by Crippen LogP contribution is -2.18. The predicted octanol–water partition coefficient (Wildman–Crippen LogP) is 3.09. The Labute approximate surface area is 134 Å². The molecule has 1 amide bonds. The molecule has 0 bridgehead atoms. The molecule has 0 unspecified atom stereocenters. The number of nitrogens with one attached hydrogen (secondary N) is 3. The van der Waals surface area contributed by atoms with Crippen molar-refractivity contribution in [2.24, 2.45) is 5.10 Å². The standard InChI is InChI=1S/C17H19N5O/c1-10(2)15-8-16(21-20-15)17(23)22-18-9-13-11(3)19-14-7-5-4-6-12(13)14/h4-10,19H,1-3H3,(H,20,21)(H,22,23)/b18-9+. The van der Waals surface area contributed by atoms with Crippen molar-refractivity contribution in [1.82, 2.24) is 20.6 Å². The van der Waals surface area contributed by atoms with Crippen molar-refractivity contribution in [1.29, 1.82) is 0 Å². The third-order valence-electron chi connectivity index (χ3n) is 3.76. The summed E-state index contributed by atoms with van der Waals surface area (Å²) in [6, 6.07) is 9.72. The predicted molar refractivity (Wildman–Crippen MR) is 90.8 cm³/mol. The first kappa shape index (κ1) is 15.0. The van der Waals surface area contributed by atoms with Gasteiger partial charge < -0.3 is 4.98 Å². The second-order valence-electron chi connectivity index (χ2n) is 5.77. The molecule has 0 saturated heterocycles. The average Bonchev–Trinajstić information content (AvgIpc) is 3.12. The van der Waals surface area contributed by atoms with Crippen molar-refractivity contribution in [3.05, 3.63) is 53.0 Å². The molecule has 3 rings (SSSR count). The second-order valence-corrected chi connectivity index (χ2v) is 5.77. The molecule has 3 aromatic rings. The first-order valence-corrected chi connectivity index (χ1v) is 7.52. The smallest absolute Gasteiger partial charge is 0.291 e. The number of para-hydroxylation sites is 1. The van der Waals surface area contributed by atoms with Crippen LogP contribution >= 0.6 is 0 Å². The molecular weight excluding hydrogens is 290 g/mol. The van der Waals surface area contributed by atoms with E-state index in [9.17, 15) is 4.79 Å². The van der Waals surface area contributed by atoms with Gasteiger partial charge in [0.25, 0.3) is 5.91 Å². The van der Waals surface area contributed by atoms with Gasteiger partial charge in [-0.25, -0.2) is 5.43 Å². The number of hydrogen-bond donors (Lipinski definition) is 3. The van der Waals surface area contributed by atoms with Crippen LogP contribution in [0.25, 0.3) is 10.9 Å². The Hall–Kier alpha value is -2.89. The molecule has 23 heavy (non-hydrogen) atoms. The van der Waals surface area contributed by atoms with Gasteiger partial charge in [0.1, 0.15) is 0 Å². The maximum atomic E-state index is 12.0. The summed E-state index contributed by atoms with van der Waals surface area (Å²) in [7, 11) is 0. The van der Waals surface area contributed by atoms with E-state index in [0.29, 0.717) is 11.6 Å². The van der Waals surface area contributed by atoms with Crippen molar-refractivity contribution in [3.8, 4) is 0 Å². The summed E-state index contributed by atoms with van der Waals surface area (Å²) in [6.07, 6.45) is 1.65. The summed E-state index contributed by atoms with van der Waals surface area (Å²) >= 11 is 0. The number of aromatic amines is 2. The first-order chi connectivity index (χ1) is 11.1. The zero-order valence-electron chi connectivity index (χ0n) is 13.3. The third-order valence-corrected chi connectivity index (χ3v) is 3.76.